The highest BCUT2D eigenvalue weighted by molar-refractivity contribution is 6.06. The van der Waals surface area contributed by atoms with Gasteiger partial charge in [-0.2, -0.15) is 0 Å². The normalized spacial score (nSPS) is 10.6. The number of amides is 2. The number of carboxylic acid groups (broad SMARTS) is 1. The number of pyridine rings is 1. The van der Waals surface area contributed by atoms with Crippen LogP contribution in [-0.4, -0.2) is 39.3 Å². The van der Waals surface area contributed by atoms with E-state index in [1.165, 1.54) is 4.90 Å². The third-order valence-corrected chi connectivity index (χ3v) is 5.97. The summed E-state index contributed by atoms with van der Waals surface area (Å²) in [7, 11) is 0. The van der Waals surface area contributed by atoms with Gasteiger partial charge in [-0.25, -0.2) is 8.78 Å². The summed E-state index contributed by atoms with van der Waals surface area (Å²) in [5, 5.41) is 11.9. The maximum absolute atomic E-state index is 13.8. The van der Waals surface area contributed by atoms with E-state index < -0.39 is 29.4 Å². The second kappa shape index (κ2) is 12.6. The molecule has 0 unspecified atom stereocenters. The zero-order valence-corrected chi connectivity index (χ0v) is 20.8. The molecule has 0 aliphatic heterocycles. The third-order valence-electron chi connectivity index (χ3n) is 5.97. The summed E-state index contributed by atoms with van der Waals surface area (Å²) in [6.45, 7) is 0.0286. The van der Waals surface area contributed by atoms with Gasteiger partial charge in [0.25, 0.3) is 11.8 Å². The summed E-state index contributed by atoms with van der Waals surface area (Å²) >= 11 is 0. The monoisotopic (exact) mass is 529 g/mol. The standard InChI is InChI=1S/C30H25F2N3O4/c31-22-14-21(15-23(32)16-22)18-34-29(38)26-9-3-1-7-24(26)25-8-2-4-10-27(25)30(39)35(13-11-28(36)37)19-20-6-5-12-33-17-20/h1-10,12,14-17H,11,13,18-19H2,(H,34,38)(H,36,37). The van der Waals surface area contributed by atoms with Crippen molar-refractivity contribution in [3.8, 4) is 11.1 Å². The van der Waals surface area contributed by atoms with Gasteiger partial charge in [0.05, 0.1) is 6.42 Å². The Balaban J connectivity index is 1.64. The lowest BCUT2D eigenvalue weighted by molar-refractivity contribution is -0.137. The largest absolute Gasteiger partial charge is 0.481 e. The fraction of sp³-hybridized carbons (Fsp3) is 0.133. The summed E-state index contributed by atoms with van der Waals surface area (Å²) < 4.78 is 27.1. The number of carboxylic acids is 1. The second-order valence-corrected chi connectivity index (χ2v) is 8.78. The van der Waals surface area contributed by atoms with Crippen LogP contribution in [0.2, 0.25) is 0 Å². The number of aromatic nitrogens is 1. The molecule has 9 heteroatoms. The molecule has 3 aromatic carbocycles. The van der Waals surface area contributed by atoms with Crippen molar-refractivity contribution in [2.45, 2.75) is 19.5 Å². The van der Waals surface area contributed by atoms with Crippen LogP contribution in [0.25, 0.3) is 11.1 Å². The average Bonchev–Trinajstić information content (AvgIpc) is 2.93. The summed E-state index contributed by atoms with van der Waals surface area (Å²) in [6, 6.07) is 20.0. The number of benzene rings is 3. The molecular weight excluding hydrogens is 504 g/mol. The molecule has 0 radical (unpaired) electrons. The van der Waals surface area contributed by atoms with Gasteiger partial charge >= 0.3 is 5.97 Å². The molecule has 0 aliphatic rings. The summed E-state index contributed by atoms with van der Waals surface area (Å²) in [6.07, 6.45) is 2.97. The zero-order valence-electron chi connectivity index (χ0n) is 20.8. The van der Waals surface area contributed by atoms with Gasteiger partial charge < -0.3 is 15.3 Å². The molecule has 1 heterocycles. The van der Waals surface area contributed by atoms with Gasteiger partial charge in [-0.3, -0.25) is 19.4 Å². The molecule has 1 aromatic heterocycles. The number of aliphatic carboxylic acids is 1. The van der Waals surface area contributed by atoms with Gasteiger partial charge in [-0.1, -0.05) is 42.5 Å². The van der Waals surface area contributed by atoms with E-state index in [1.54, 1.807) is 73.1 Å². The van der Waals surface area contributed by atoms with Crippen LogP contribution in [0.5, 0.6) is 0 Å². The fourth-order valence-corrected chi connectivity index (χ4v) is 4.18. The topological polar surface area (TPSA) is 99.6 Å². The van der Waals surface area contributed by atoms with E-state index in [9.17, 15) is 28.3 Å². The Kier molecular flexibility index (Phi) is 8.73. The van der Waals surface area contributed by atoms with Crippen LogP contribution in [0.4, 0.5) is 8.78 Å². The van der Waals surface area contributed by atoms with E-state index in [1.807, 2.05) is 0 Å². The van der Waals surface area contributed by atoms with Crippen molar-refractivity contribution in [3.63, 3.8) is 0 Å². The molecule has 4 rings (SSSR count). The zero-order chi connectivity index (χ0) is 27.8. The highest BCUT2D eigenvalue weighted by atomic mass is 19.1. The number of nitrogens with one attached hydrogen (secondary N) is 1. The molecule has 39 heavy (non-hydrogen) atoms. The molecule has 0 saturated heterocycles. The minimum absolute atomic E-state index is 0.0241. The molecule has 0 bridgehead atoms. The SMILES string of the molecule is O=C(O)CCN(Cc1cccnc1)C(=O)c1ccccc1-c1ccccc1C(=O)NCc1cc(F)cc(F)c1. The highest BCUT2D eigenvalue weighted by Gasteiger charge is 2.23. The molecule has 0 spiro atoms. The number of hydrogen-bond donors (Lipinski definition) is 2. The van der Waals surface area contributed by atoms with E-state index in [4.69, 9.17) is 0 Å². The Morgan fingerprint density at radius 2 is 1.46 bits per heavy atom. The number of carbonyl (C=O) groups excluding carboxylic acids is 2. The van der Waals surface area contributed by atoms with E-state index in [0.29, 0.717) is 16.7 Å². The van der Waals surface area contributed by atoms with Crippen LogP contribution in [0.1, 0.15) is 38.3 Å². The van der Waals surface area contributed by atoms with Crippen LogP contribution in [-0.2, 0) is 17.9 Å². The Morgan fingerprint density at radius 1 is 0.821 bits per heavy atom. The van der Waals surface area contributed by atoms with Crippen molar-refractivity contribution in [1.82, 2.24) is 15.2 Å². The molecule has 0 aliphatic carbocycles. The summed E-state index contributed by atoms with van der Waals surface area (Å²) in [5.41, 5.74) is 2.51. The Morgan fingerprint density at radius 3 is 2.10 bits per heavy atom. The first-order chi connectivity index (χ1) is 18.8. The van der Waals surface area contributed by atoms with Gasteiger partial charge in [0.1, 0.15) is 11.6 Å². The van der Waals surface area contributed by atoms with Crippen LogP contribution in [0.3, 0.4) is 0 Å². The van der Waals surface area contributed by atoms with Crippen LogP contribution < -0.4 is 5.32 Å². The van der Waals surface area contributed by atoms with Crippen molar-refractivity contribution in [2.24, 2.45) is 0 Å². The lowest BCUT2D eigenvalue weighted by Crippen LogP contribution is -2.33. The molecular formula is C30H25F2N3O4. The first-order valence-corrected chi connectivity index (χ1v) is 12.1. The lowest BCUT2D eigenvalue weighted by atomic mass is 9.94. The molecule has 7 nitrogen and oxygen atoms in total. The van der Waals surface area contributed by atoms with Gasteiger partial charge in [-0.05, 0) is 52.6 Å². The smallest absolute Gasteiger partial charge is 0.305 e. The number of halogens is 2. The molecule has 2 amide bonds. The fourth-order valence-electron chi connectivity index (χ4n) is 4.18. The highest BCUT2D eigenvalue weighted by Crippen LogP contribution is 2.29. The molecule has 2 N–H and O–H groups in total. The first kappa shape index (κ1) is 27.1. The van der Waals surface area contributed by atoms with Crippen molar-refractivity contribution >= 4 is 17.8 Å². The Labute approximate surface area is 223 Å². The first-order valence-electron chi connectivity index (χ1n) is 12.1. The molecule has 198 valence electrons. The predicted molar refractivity (Wildman–Crippen MR) is 141 cm³/mol. The number of hydrogen-bond acceptors (Lipinski definition) is 4. The maximum Gasteiger partial charge on any atom is 0.305 e. The predicted octanol–water partition coefficient (Wildman–Crippen LogP) is 5.07. The van der Waals surface area contributed by atoms with Gasteiger partial charge in [-0.15, -0.1) is 0 Å². The van der Waals surface area contributed by atoms with Crippen LogP contribution >= 0.6 is 0 Å². The minimum Gasteiger partial charge on any atom is -0.481 e. The molecule has 4 aromatic rings. The van der Waals surface area contributed by atoms with Gasteiger partial charge in [0.15, 0.2) is 0 Å². The summed E-state index contributed by atoms with van der Waals surface area (Å²) in [5.74, 6) is -3.42. The van der Waals surface area contributed by atoms with Crippen molar-refractivity contribution in [2.75, 3.05) is 6.54 Å². The third kappa shape index (κ3) is 7.10. The Hall–Kier alpha value is -4.92. The van der Waals surface area contributed by atoms with E-state index >= 15 is 0 Å². The van der Waals surface area contributed by atoms with E-state index in [-0.39, 0.29) is 37.2 Å². The van der Waals surface area contributed by atoms with Gasteiger partial charge in [0.2, 0.25) is 0 Å². The lowest BCUT2D eigenvalue weighted by Gasteiger charge is -2.24. The molecule has 0 atom stereocenters. The number of rotatable bonds is 10. The van der Waals surface area contributed by atoms with Gasteiger partial charge in [0, 0.05) is 49.2 Å². The van der Waals surface area contributed by atoms with Crippen molar-refractivity contribution in [1.29, 1.82) is 0 Å². The number of carbonyl (C=O) groups is 3. The second-order valence-electron chi connectivity index (χ2n) is 8.78. The van der Waals surface area contributed by atoms with Crippen molar-refractivity contribution < 1.29 is 28.3 Å². The van der Waals surface area contributed by atoms with E-state index in [0.717, 1.165) is 23.8 Å². The molecule has 0 fully saturated rings. The van der Waals surface area contributed by atoms with Crippen molar-refractivity contribution in [3.05, 3.63) is 125 Å². The number of nitrogens with zero attached hydrogens (tertiary/aromatic N) is 2. The minimum atomic E-state index is -1.03. The molecule has 0 saturated carbocycles. The maximum atomic E-state index is 13.8. The Bertz CT molecular complexity index is 1470. The van der Waals surface area contributed by atoms with Crippen LogP contribution in [0, 0.1) is 11.6 Å². The van der Waals surface area contributed by atoms with Crippen LogP contribution in [0.15, 0.2) is 91.3 Å². The summed E-state index contributed by atoms with van der Waals surface area (Å²) in [4.78, 5) is 43.7. The average molecular weight is 530 g/mol. The quantitative estimate of drug-likeness (QED) is 0.299. The van der Waals surface area contributed by atoms with E-state index in [2.05, 4.69) is 10.3 Å².